The third-order valence-corrected chi connectivity index (χ3v) is 2.49. The van der Waals surface area contributed by atoms with E-state index in [1.54, 1.807) is 17.2 Å². The lowest BCUT2D eigenvalue weighted by Crippen LogP contribution is -2.25. The van der Waals surface area contributed by atoms with Crippen LogP contribution in [0.1, 0.15) is 11.7 Å². The summed E-state index contributed by atoms with van der Waals surface area (Å²) in [4.78, 5) is 6.03. The minimum atomic E-state index is -0.155. The molecule has 1 unspecified atom stereocenters. The quantitative estimate of drug-likeness (QED) is 0.833. The summed E-state index contributed by atoms with van der Waals surface area (Å²) in [6.45, 7) is -0.0544. The molecular weight excluding hydrogens is 212 g/mol. The van der Waals surface area contributed by atoms with Crippen LogP contribution in [0.15, 0.2) is 41.5 Å². The van der Waals surface area contributed by atoms with E-state index in [2.05, 4.69) is 4.99 Å². The molecule has 1 aliphatic rings. The van der Waals surface area contributed by atoms with Gasteiger partial charge in [-0.2, -0.15) is 0 Å². The normalized spacial score (nSPS) is 19.6. The van der Waals surface area contributed by atoms with Gasteiger partial charge in [-0.1, -0.05) is 23.7 Å². The Bertz CT molecular complexity index is 386. The van der Waals surface area contributed by atoms with Crippen molar-refractivity contribution in [3.63, 3.8) is 0 Å². The van der Waals surface area contributed by atoms with Gasteiger partial charge in [-0.3, -0.25) is 4.99 Å². The SMILES string of the molecule is OCN1C=CC=NC1c1ccc(Cl)cc1. The number of aliphatic imine (C=N–C) groups is 1. The fourth-order valence-corrected chi connectivity index (χ4v) is 1.61. The number of halogens is 1. The van der Waals surface area contributed by atoms with E-state index in [1.807, 2.05) is 30.5 Å². The van der Waals surface area contributed by atoms with Crippen molar-refractivity contribution in [3.8, 4) is 0 Å². The predicted octanol–water partition coefficient (Wildman–Crippen LogP) is 2.19. The number of hydrogen-bond acceptors (Lipinski definition) is 3. The maximum atomic E-state index is 9.15. The van der Waals surface area contributed by atoms with Crippen LogP contribution in [0.2, 0.25) is 5.02 Å². The van der Waals surface area contributed by atoms with Gasteiger partial charge in [-0.05, 0) is 23.8 Å². The number of benzene rings is 1. The Labute approximate surface area is 93.3 Å². The van der Waals surface area contributed by atoms with Gasteiger partial charge in [0.2, 0.25) is 0 Å². The van der Waals surface area contributed by atoms with Crippen molar-refractivity contribution in [3.05, 3.63) is 47.1 Å². The molecule has 78 valence electrons. The maximum absolute atomic E-state index is 9.15. The monoisotopic (exact) mass is 222 g/mol. The van der Waals surface area contributed by atoms with Crippen LogP contribution in [0.5, 0.6) is 0 Å². The Hall–Kier alpha value is -1.32. The second-order valence-electron chi connectivity index (χ2n) is 3.22. The molecule has 0 aromatic heterocycles. The van der Waals surface area contributed by atoms with Crippen LogP contribution in [-0.2, 0) is 0 Å². The molecule has 0 aliphatic carbocycles. The number of hydrogen-bond donors (Lipinski definition) is 1. The molecule has 0 spiro atoms. The van der Waals surface area contributed by atoms with E-state index in [4.69, 9.17) is 16.7 Å². The second-order valence-corrected chi connectivity index (χ2v) is 3.66. The Kier molecular flexibility index (Phi) is 3.04. The first-order chi connectivity index (χ1) is 7.31. The average molecular weight is 223 g/mol. The highest BCUT2D eigenvalue weighted by Gasteiger charge is 2.16. The Morgan fingerprint density at radius 1 is 1.33 bits per heavy atom. The van der Waals surface area contributed by atoms with Gasteiger partial charge >= 0.3 is 0 Å². The standard InChI is InChI=1S/C11H11ClN2O/c12-10-4-2-9(3-5-10)11-13-6-1-7-14(11)8-15/h1-7,11,15H,8H2. The van der Waals surface area contributed by atoms with Crippen molar-refractivity contribution in [2.45, 2.75) is 6.17 Å². The van der Waals surface area contributed by atoms with E-state index >= 15 is 0 Å². The van der Waals surface area contributed by atoms with Crippen molar-refractivity contribution in [2.24, 2.45) is 4.99 Å². The molecule has 0 saturated heterocycles. The lowest BCUT2D eigenvalue weighted by molar-refractivity contribution is 0.115. The van der Waals surface area contributed by atoms with Gasteiger partial charge in [0.1, 0.15) is 12.9 Å². The van der Waals surface area contributed by atoms with Crippen molar-refractivity contribution in [1.29, 1.82) is 0 Å². The molecule has 1 atom stereocenters. The zero-order chi connectivity index (χ0) is 10.7. The van der Waals surface area contributed by atoms with E-state index < -0.39 is 0 Å². The molecular formula is C11H11ClN2O. The Balaban J connectivity index is 2.26. The highest BCUT2D eigenvalue weighted by atomic mass is 35.5. The van der Waals surface area contributed by atoms with Crippen LogP contribution in [0.3, 0.4) is 0 Å². The van der Waals surface area contributed by atoms with E-state index in [9.17, 15) is 0 Å². The molecule has 2 rings (SSSR count). The average Bonchev–Trinajstić information content (AvgIpc) is 2.30. The topological polar surface area (TPSA) is 35.8 Å². The number of aliphatic hydroxyl groups excluding tert-OH is 1. The van der Waals surface area contributed by atoms with E-state index in [0.29, 0.717) is 5.02 Å². The first-order valence-electron chi connectivity index (χ1n) is 4.63. The molecule has 0 fully saturated rings. The summed E-state index contributed by atoms with van der Waals surface area (Å²) in [6, 6.07) is 7.46. The lowest BCUT2D eigenvalue weighted by Gasteiger charge is -2.27. The van der Waals surface area contributed by atoms with Gasteiger partial charge in [0.05, 0.1) is 0 Å². The smallest absolute Gasteiger partial charge is 0.148 e. The third kappa shape index (κ3) is 2.19. The van der Waals surface area contributed by atoms with Gasteiger partial charge in [0.15, 0.2) is 0 Å². The molecule has 0 saturated carbocycles. The van der Waals surface area contributed by atoms with Gasteiger partial charge in [-0.25, -0.2) is 0 Å². The van der Waals surface area contributed by atoms with Crippen LogP contribution in [0.25, 0.3) is 0 Å². The molecule has 3 nitrogen and oxygen atoms in total. The predicted molar refractivity (Wildman–Crippen MR) is 60.7 cm³/mol. The fraction of sp³-hybridized carbons (Fsp3) is 0.182. The van der Waals surface area contributed by atoms with Crippen molar-refractivity contribution in [1.82, 2.24) is 4.90 Å². The minimum absolute atomic E-state index is 0.0544. The lowest BCUT2D eigenvalue weighted by atomic mass is 10.1. The summed E-state index contributed by atoms with van der Waals surface area (Å²) in [5.74, 6) is 0. The van der Waals surface area contributed by atoms with Crippen LogP contribution in [-0.4, -0.2) is 23.0 Å². The third-order valence-electron chi connectivity index (χ3n) is 2.24. The summed E-state index contributed by atoms with van der Waals surface area (Å²) in [7, 11) is 0. The number of rotatable bonds is 2. The Morgan fingerprint density at radius 3 is 2.73 bits per heavy atom. The molecule has 4 heteroatoms. The molecule has 1 aromatic rings. The molecule has 15 heavy (non-hydrogen) atoms. The van der Waals surface area contributed by atoms with Gasteiger partial charge in [-0.15, -0.1) is 0 Å². The first kappa shape index (κ1) is 10.2. The van der Waals surface area contributed by atoms with Crippen LogP contribution >= 0.6 is 11.6 Å². The van der Waals surface area contributed by atoms with Crippen molar-refractivity contribution in [2.75, 3.05) is 6.73 Å². The molecule has 1 aromatic carbocycles. The highest BCUT2D eigenvalue weighted by Crippen LogP contribution is 2.24. The van der Waals surface area contributed by atoms with Gasteiger partial charge in [0.25, 0.3) is 0 Å². The molecule has 1 heterocycles. The molecule has 0 amide bonds. The van der Waals surface area contributed by atoms with Crippen molar-refractivity contribution < 1.29 is 5.11 Å². The molecule has 0 radical (unpaired) electrons. The number of aliphatic hydroxyl groups is 1. The van der Waals surface area contributed by atoms with E-state index in [1.165, 1.54) is 0 Å². The summed E-state index contributed by atoms with van der Waals surface area (Å²) in [5.41, 5.74) is 1.01. The second kappa shape index (κ2) is 4.47. The largest absolute Gasteiger partial charge is 0.376 e. The summed E-state index contributed by atoms with van der Waals surface area (Å²) < 4.78 is 0. The van der Waals surface area contributed by atoms with Crippen LogP contribution in [0, 0.1) is 0 Å². The minimum Gasteiger partial charge on any atom is -0.376 e. The summed E-state index contributed by atoms with van der Waals surface area (Å²) in [5, 5.41) is 9.85. The fourth-order valence-electron chi connectivity index (χ4n) is 1.48. The maximum Gasteiger partial charge on any atom is 0.148 e. The first-order valence-corrected chi connectivity index (χ1v) is 5.01. The zero-order valence-corrected chi connectivity index (χ0v) is 8.80. The highest BCUT2D eigenvalue weighted by molar-refractivity contribution is 6.30. The Morgan fingerprint density at radius 2 is 2.07 bits per heavy atom. The van der Waals surface area contributed by atoms with E-state index in [0.717, 1.165) is 5.56 Å². The van der Waals surface area contributed by atoms with Crippen LogP contribution < -0.4 is 0 Å². The summed E-state index contributed by atoms with van der Waals surface area (Å²) in [6.07, 6.45) is 5.18. The summed E-state index contributed by atoms with van der Waals surface area (Å²) >= 11 is 5.81. The van der Waals surface area contributed by atoms with Crippen LogP contribution in [0.4, 0.5) is 0 Å². The van der Waals surface area contributed by atoms with Crippen molar-refractivity contribution >= 4 is 17.8 Å². The number of allylic oxidation sites excluding steroid dienone is 1. The molecule has 0 bridgehead atoms. The zero-order valence-electron chi connectivity index (χ0n) is 8.05. The molecule has 1 N–H and O–H groups in total. The van der Waals surface area contributed by atoms with E-state index in [-0.39, 0.29) is 12.9 Å². The van der Waals surface area contributed by atoms with Gasteiger partial charge in [0, 0.05) is 17.4 Å². The molecule has 1 aliphatic heterocycles. The van der Waals surface area contributed by atoms with Gasteiger partial charge < -0.3 is 10.0 Å². The number of nitrogens with zero attached hydrogens (tertiary/aromatic N) is 2.